The minimum absolute atomic E-state index is 0.135. The van der Waals surface area contributed by atoms with Gasteiger partial charge in [0.1, 0.15) is 5.75 Å². The fraction of sp³-hybridized carbons (Fsp3) is 0.250. The molecule has 1 unspecified atom stereocenters. The Morgan fingerprint density at radius 1 is 0.962 bits per heavy atom. The second kappa shape index (κ2) is 8.29. The van der Waals surface area contributed by atoms with E-state index in [2.05, 4.69) is 5.32 Å². The van der Waals surface area contributed by atoms with E-state index in [9.17, 15) is 14.4 Å². The lowest BCUT2D eigenvalue weighted by Gasteiger charge is -2.23. The number of nitrogens with one attached hydrogen (secondary N) is 1. The lowest BCUT2D eigenvalue weighted by atomic mass is 10.1. The van der Waals surface area contributed by atoms with Crippen molar-refractivity contribution in [3.63, 3.8) is 0 Å². The number of nitrogens with zero attached hydrogens (tertiary/aromatic N) is 1. The van der Waals surface area contributed by atoms with Crippen molar-refractivity contribution in [3.05, 3.63) is 66.2 Å². The van der Waals surface area contributed by atoms with Crippen LogP contribution < -0.4 is 10.1 Å². The summed E-state index contributed by atoms with van der Waals surface area (Å²) in [5.41, 5.74) is 0.997. The highest BCUT2D eigenvalue weighted by atomic mass is 16.6. The normalized spacial score (nSPS) is 15.0. The van der Waals surface area contributed by atoms with Gasteiger partial charge in [0.25, 0.3) is 0 Å². The molecule has 1 saturated heterocycles. The van der Waals surface area contributed by atoms with Gasteiger partial charge in [-0.1, -0.05) is 48.5 Å². The van der Waals surface area contributed by atoms with Crippen molar-refractivity contribution in [2.75, 3.05) is 6.54 Å². The first-order chi connectivity index (χ1) is 12.6. The molecular formula is C20H20N2O4. The third-order valence-electron chi connectivity index (χ3n) is 4.16. The number of carbonyl (C=O) groups is 3. The number of hydrogen-bond donors (Lipinski definition) is 1. The fourth-order valence-corrected chi connectivity index (χ4v) is 2.90. The van der Waals surface area contributed by atoms with Crippen LogP contribution in [0, 0.1) is 0 Å². The van der Waals surface area contributed by atoms with Gasteiger partial charge in [0.2, 0.25) is 11.8 Å². The predicted molar refractivity (Wildman–Crippen MR) is 95.5 cm³/mol. The van der Waals surface area contributed by atoms with E-state index in [1.165, 1.54) is 4.90 Å². The lowest BCUT2D eigenvalue weighted by molar-refractivity contribution is -0.138. The molecule has 0 bridgehead atoms. The molecule has 1 aliphatic heterocycles. The molecule has 0 aliphatic carbocycles. The van der Waals surface area contributed by atoms with E-state index >= 15 is 0 Å². The number of para-hydroxylation sites is 1. The summed E-state index contributed by atoms with van der Waals surface area (Å²) in [5.74, 6) is 0.0226. The van der Waals surface area contributed by atoms with Crippen molar-refractivity contribution in [3.8, 4) is 5.75 Å². The number of imide groups is 1. The maximum atomic E-state index is 12.2. The summed E-state index contributed by atoms with van der Waals surface area (Å²) in [6.45, 7) is 0.135. The molecule has 134 valence electrons. The zero-order valence-corrected chi connectivity index (χ0v) is 14.3. The average Bonchev–Trinajstić information content (AvgIpc) is 2.95. The van der Waals surface area contributed by atoms with Crippen molar-refractivity contribution in [2.45, 2.75) is 25.3 Å². The first-order valence-corrected chi connectivity index (χ1v) is 8.52. The monoisotopic (exact) mass is 352 g/mol. The van der Waals surface area contributed by atoms with Gasteiger partial charge >= 0.3 is 6.09 Å². The molecule has 3 rings (SSSR count). The molecule has 0 saturated carbocycles. The van der Waals surface area contributed by atoms with Gasteiger partial charge in [-0.05, 0) is 24.1 Å². The molecule has 1 heterocycles. The van der Waals surface area contributed by atoms with Crippen LogP contribution in [0.15, 0.2) is 60.7 Å². The SMILES string of the molecule is O=C(NC(Cc1ccccc1)CN1C(=O)CCC1=O)Oc1ccccc1. The Morgan fingerprint density at radius 3 is 2.15 bits per heavy atom. The summed E-state index contributed by atoms with van der Waals surface area (Å²) in [6, 6.07) is 17.9. The Hall–Kier alpha value is -3.15. The summed E-state index contributed by atoms with van der Waals surface area (Å²) < 4.78 is 5.26. The zero-order chi connectivity index (χ0) is 18.4. The summed E-state index contributed by atoms with van der Waals surface area (Å²) in [7, 11) is 0. The standard InChI is InChI=1S/C20H20N2O4/c23-18-11-12-19(24)22(18)14-16(13-15-7-3-1-4-8-15)21-20(25)26-17-9-5-2-6-10-17/h1-10,16H,11-14H2,(H,21,25). The van der Waals surface area contributed by atoms with Crippen molar-refractivity contribution in [1.29, 1.82) is 0 Å². The smallest absolute Gasteiger partial charge is 0.410 e. The molecule has 0 radical (unpaired) electrons. The van der Waals surface area contributed by atoms with Gasteiger partial charge in [-0.2, -0.15) is 0 Å². The van der Waals surface area contributed by atoms with Gasteiger partial charge < -0.3 is 10.1 Å². The predicted octanol–water partition coefficient (Wildman–Crippen LogP) is 2.54. The Morgan fingerprint density at radius 2 is 1.54 bits per heavy atom. The quantitative estimate of drug-likeness (QED) is 0.811. The van der Waals surface area contributed by atoms with Gasteiger partial charge in [0.05, 0.1) is 6.04 Å². The van der Waals surface area contributed by atoms with Crippen molar-refractivity contribution >= 4 is 17.9 Å². The highest BCUT2D eigenvalue weighted by Crippen LogP contribution is 2.14. The Labute approximate surface area is 151 Å². The van der Waals surface area contributed by atoms with Crippen LogP contribution in [0.1, 0.15) is 18.4 Å². The topological polar surface area (TPSA) is 75.7 Å². The summed E-state index contributed by atoms with van der Waals surface area (Å²) in [4.78, 5) is 37.3. The molecule has 0 spiro atoms. The highest BCUT2D eigenvalue weighted by Gasteiger charge is 2.31. The average molecular weight is 352 g/mol. The van der Waals surface area contributed by atoms with Crippen LogP contribution in [-0.2, 0) is 16.0 Å². The minimum atomic E-state index is -0.615. The maximum absolute atomic E-state index is 12.2. The number of amides is 3. The van der Waals surface area contributed by atoms with Gasteiger partial charge in [0.15, 0.2) is 0 Å². The largest absolute Gasteiger partial charge is 0.412 e. The second-order valence-electron chi connectivity index (χ2n) is 6.13. The van der Waals surface area contributed by atoms with Gasteiger partial charge in [0, 0.05) is 19.4 Å². The lowest BCUT2D eigenvalue weighted by Crippen LogP contribution is -2.47. The molecule has 1 aliphatic rings. The van der Waals surface area contributed by atoms with Gasteiger partial charge in [-0.15, -0.1) is 0 Å². The van der Waals surface area contributed by atoms with Crippen molar-refractivity contribution in [1.82, 2.24) is 10.2 Å². The van der Waals surface area contributed by atoms with Gasteiger partial charge in [-0.3, -0.25) is 14.5 Å². The molecule has 2 aromatic rings. The van der Waals surface area contributed by atoms with E-state index in [1.54, 1.807) is 24.3 Å². The van der Waals surface area contributed by atoms with Gasteiger partial charge in [-0.25, -0.2) is 4.79 Å². The molecular weight excluding hydrogens is 332 g/mol. The third-order valence-corrected chi connectivity index (χ3v) is 4.16. The van der Waals surface area contributed by atoms with E-state index in [-0.39, 0.29) is 31.2 Å². The molecule has 6 nitrogen and oxygen atoms in total. The number of likely N-dealkylation sites (tertiary alicyclic amines) is 1. The maximum Gasteiger partial charge on any atom is 0.412 e. The Bertz CT molecular complexity index is 761. The molecule has 2 aromatic carbocycles. The summed E-state index contributed by atoms with van der Waals surface area (Å²) in [5, 5.41) is 2.77. The number of ether oxygens (including phenoxy) is 1. The van der Waals surface area contributed by atoms with Crippen LogP contribution in [-0.4, -0.2) is 35.4 Å². The molecule has 1 fully saturated rings. The number of benzene rings is 2. The van der Waals surface area contributed by atoms with E-state index in [0.29, 0.717) is 12.2 Å². The Balaban J connectivity index is 1.68. The van der Waals surface area contributed by atoms with Crippen molar-refractivity contribution in [2.24, 2.45) is 0 Å². The number of carbonyl (C=O) groups excluding carboxylic acids is 3. The van der Waals surface area contributed by atoms with Crippen LogP contribution in [0.2, 0.25) is 0 Å². The van der Waals surface area contributed by atoms with Crippen LogP contribution in [0.5, 0.6) is 5.75 Å². The van der Waals surface area contributed by atoms with Crippen LogP contribution in [0.3, 0.4) is 0 Å². The zero-order valence-electron chi connectivity index (χ0n) is 14.3. The van der Waals surface area contributed by atoms with Crippen molar-refractivity contribution < 1.29 is 19.1 Å². The molecule has 3 amide bonds. The van der Waals surface area contributed by atoms with E-state index < -0.39 is 12.1 Å². The summed E-state index contributed by atoms with van der Waals surface area (Å²) >= 11 is 0. The minimum Gasteiger partial charge on any atom is -0.410 e. The first-order valence-electron chi connectivity index (χ1n) is 8.52. The molecule has 1 N–H and O–H groups in total. The van der Waals surface area contributed by atoms with E-state index in [0.717, 1.165) is 5.56 Å². The van der Waals surface area contributed by atoms with Crippen LogP contribution in [0.25, 0.3) is 0 Å². The highest BCUT2D eigenvalue weighted by molar-refractivity contribution is 6.02. The second-order valence-corrected chi connectivity index (χ2v) is 6.13. The molecule has 6 heteroatoms. The number of hydrogen-bond acceptors (Lipinski definition) is 4. The molecule has 0 aromatic heterocycles. The molecule has 1 atom stereocenters. The summed E-state index contributed by atoms with van der Waals surface area (Å²) in [6.07, 6.45) is 0.328. The third kappa shape index (κ3) is 4.69. The Kier molecular flexibility index (Phi) is 5.63. The van der Waals surface area contributed by atoms with E-state index in [1.807, 2.05) is 36.4 Å². The first kappa shape index (κ1) is 17.7. The molecule has 26 heavy (non-hydrogen) atoms. The van der Waals surface area contributed by atoms with Crippen LogP contribution in [0.4, 0.5) is 4.79 Å². The number of rotatable bonds is 6. The fourth-order valence-electron chi connectivity index (χ4n) is 2.90. The van der Waals surface area contributed by atoms with E-state index in [4.69, 9.17) is 4.74 Å². The van der Waals surface area contributed by atoms with Crippen LogP contribution >= 0.6 is 0 Å².